The molecular formula is C12H16O4. The summed E-state index contributed by atoms with van der Waals surface area (Å²) in [6.45, 7) is 2.10. The molecule has 0 aromatic heterocycles. The molecule has 0 spiro atoms. The van der Waals surface area contributed by atoms with E-state index < -0.39 is 6.10 Å². The largest absolute Gasteiger partial charge is 0.508 e. The van der Waals surface area contributed by atoms with E-state index in [1.807, 2.05) is 0 Å². The van der Waals surface area contributed by atoms with Crippen molar-refractivity contribution in [2.24, 2.45) is 0 Å². The molecule has 4 heteroatoms. The number of aromatic hydroxyl groups is 1. The van der Waals surface area contributed by atoms with Gasteiger partial charge in [-0.3, -0.25) is 4.79 Å². The zero-order valence-corrected chi connectivity index (χ0v) is 9.22. The van der Waals surface area contributed by atoms with Crippen molar-refractivity contribution in [3.8, 4) is 5.75 Å². The molecule has 1 atom stereocenters. The van der Waals surface area contributed by atoms with Crippen LogP contribution in [-0.2, 0) is 9.53 Å². The first-order valence-electron chi connectivity index (χ1n) is 5.26. The lowest BCUT2D eigenvalue weighted by molar-refractivity contribution is -0.143. The number of rotatable bonds is 5. The van der Waals surface area contributed by atoms with Crippen LogP contribution in [0.2, 0.25) is 0 Å². The van der Waals surface area contributed by atoms with Crippen molar-refractivity contribution in [1.29, 1.82) is 0 Å². The molecule has 1 unspecified atom stereocenters. The maximum atomic E-state index is 11.1. The minimum Gasteiger partial charge on any atom is -0.508 e. The van der Waals surface area contributed by atoms with E-state index >= 15 is 0 Å². The zero-order chi connectivity index (χ0) is 12.0. The fourth-order valence-corrected chi connectivity index (χ4v) is 1.35. The molecule has 1 aromatic carbocycles. The Kier molecular flexibility index (Phi) is 4.79. The van der Waals surface area contributed by atoms with E-state index in [1.165, 1.54) is 12.1 Å². The predicted octanol–water partition coefficient (Wildman–Crippen LogP) is 1.77. The molecule has 88 valence electrons. The Morgan fingerprint density at radius 3 is 2.56 bits per heavy atom. The van der Waals surface area contributed by atoms with Gasteiger partial charge in [-0.05, 0) is 31.0 Å². The van der Waals surface area contributed by atoms with E-state index in [4.69, 9.17) is 9.84 Å². The number of phenolic OH excluding ortho intramolecular Hbond substituents is 1. The minimum atomic E-state index is -0.704. The van der Waals surface area contributed by atoms with E-state index in [1.54, 1.807) is 19.1 Å². The van der Waals surface area contributed by atoms with Crippen LogP contribution in [-0.4, -0.2) is 22.8 Å². The SMILES string of the molecule is CCOC(=O)CCC(O)c1ccc(O)cc1. The second kappa shape index (κ2) is 6.12. The summed E-state index contributed by atoms with van der Waals surface area (Å²) < 4.78 is 4.76. The highest BCUT2D eigenvalue weighted by Crippen LogP contribution is 2.20. The first-order valence-corrected chi connectivity index (χ1v) is 5.26. The molecule has 0 aliphatic heterocycles. The maximum absolute atomic E-state index is 11.1. The number of aliphatic hydroxyl groups excluding tert-OH is 1. The van der Waals surface area contributed by atoms with Crippen LogP contribution in [0, 0.1) is 0 Å². The molecule has 1 aromatic rings. The van der Waals surface area contributed by atoms with Gasteiger partial charge in [0.15, 0.2) is 0 Å². The van der Waals surface area contributed by atoms with Gasteiger partial charge in [0.2, 0.25) is 0 Å². The van der Waals surface area contributed by atoms with Gasteiger partial charge in [0.1, 0.15) is 5.75 Å². The summed E-state index contributed by atoms with van der Waals surface area (Å²) in [4.78, 5) is 11.1. The first kappa shape index (κ1) is 12.5. The van der Waals surface area contributed by atoms with E-state index in [0.29, 0.717) is 18.6 Å². The van der Waals surface area contributed by atoms with E-state index in [-0.39, 0.29) is 18.1 Å². The number of phenols is 1. The molecule has 0 heterocycles. The Hall–Kier alpha value is -1.55. The summed E-state index contributed by atoms with van der Waals surface area (Å²) in [5.74, 6) is -0.151. The molecule has 0 amide bonds. The summed E-state index contributed by atoms with van der Waals surface area (Å²) in [5, 5.41) is 18.8. The summed E-state index contributed by atoms with van der Waals surface area (Å²) in [6.07, 6.45) is -0.190. The summed E-state index contributed by atoms with van der Waals surface area (Å²) in [5.41, 5.74) is 0.682. The second-order valence-corrected chi connectivity index (χ2v) is 3.45. The monoisotopic (exact) mass is 224 g/mol. The van der Waals surface area contributed by atoms with Crippen LogP contribution < -0.4 is 0 Å². The summed E-state index contributed by atoms with van der Waals surface area (Å²) in [6, 6.07) is 6.27. The van der Waals surface area contributed by atoms with Crippen LogP contribution in [0.5, 0.6) is 5.75 Å². The number of benzene rings is 1. The molecule has 4 nitrogen and oxygen atoms in total. The predicted molar refractivity (Wildman–Crippen MR) is 58.9 cm³/mol. The van der Waals surface area contributed by atoms with Crippen LogP contribution in [0.15, 0.2) is 24.3 Å². The van der Waals surface area contributed by atoms with E-state index in [9.17, 15) is 9.90 Å². The third-order valence-electron chi connectivity index (χ3n) is 2.21. The number of hydrogen-bond donors (Lipinski definition) is 2. The van der Waals surface area contributed by atoms with Gasteiger partial charge >= 0.3 is 5.97 Å². The molecule has 16 heavy (non-hydrogen) atoms. The van der Waals surface area contributed by atoms with Gasteiger partial charge in [-0.1, -0.05) is 12.1 Å². The first-order chi connectivity index (χ1) is 7.63. The van der Waals surface area contributed by atoms with Gasteiger partial charge in [-0.25, -0.2) is 0 Å². The number of hydrogen-bond acceptors (Lipinski definition) is 4. The Morgan fingerprint density at radius 1 is 1.38 bits per heavy atom. The molecule has 1 rings (SSSR count). The van der Waals surface area contributed by atoms with Crippen molar-refractivity contribution >= 4 is 5.97 Å². The highest BCUT2D eigenvalue weighted by atomic mass is 16.5. The summed E-state index contributed by atoms with van der Waals surface area (Å²) in [7, 11) is 0. The van der Waals surface area contributed by atoms with Gasteiger partial charge in [-0.2, -0.15) is 0 Å². The Morgan fingerprint density at radius 2 is 2.00 bits per heavy atom. The van der Waals surface area contributed by atoms with Gasteiger partial charge in [-0.15, -0.1) is 0 Å². The van der Waals surface area contributed by atoms with Crippen molar-refractivity contribution in [2.45, 2.75) is 25.9 Å². The van der Waals surface area contributed by atoms with Gasteiger partial charge in [0.05, 0.1) is 12.7 Å². The number of carbonyl (C=O) groups excluding carboxylic acids is 1. The van der Waals surface area contributed by atoms with Gasteiger partial charge in [0, 0.05) is 6.42 Å². The van der Waals surface area contributed by atoms with Crippen molar-refractivity contribution in [1.82, 2.24) is 0 Å². The molecule has 0 aliphatic rings. The average Bonchev–Trinajstić information content (AvgIpc) is 2.27. The molecule has 0 bridgehead atoms. The smallest absolute Gasteiger partial charge is 0.305 e. The van der Waals surface area contributed by atoms with Crippen LogP contribution in [0.25, 0.3) is 0 Å². The van der Waals surface area contributed by atoms with Crippen molar-refractivity contribution in [3.63, 3.8) is 0 Å². The molecule has 0 saturated heterocycles. The van der Waals surface area contributed by atoms with E-state index in [2.05, 4.69) is 0 Å². The van der Waals surface area contributed by atoms with Crippen molar-refractivity contribution in [3.05, 3.63) is 29.8 Å². The summed E-state index contributed by atoms with van der Waals surface area (Å²) >= 11 is 0. The maximum Gasteiger partial charge on any atom is 0.305 e. The third-order valence-corrected chi connectivity index (χ3v) is 2.21. The molecule has 0 saturated carbocycles. The minimum absolute atomic E-state index is 0.154. The average molecular weight is 224 g/mol. The number of ether oxygens (including phenoxy) is 1. The fraction of sp³-hybridized carbons (Fsp3) is 0.417. The highest BCUT2D eigenvalue weighted by Gasteiger charge is 2.10. The van der Waals surface area contributed by atoms with Crippen molar-refractivity contribution in [2.75, 3.05) is 6.61 Å². The molecule has 2 N–H and O–H groups in total. The third kappa shape index (κ3) is 3.90. The zero-order valence-electron chi connectivity index (χ0n) is 9.22. The molecular weight excluding hydrogens is 208 g/mol. The highest BCUT2D eigenvalue weighted by molar-refractivity contribution is 5.69. The lowest BCUT2D eigenvalue weighted by Crippen LogP contribution is -2.06. The molecule has 0 fully saturated rings. The van der Waals surface area contributed by atoms with Crippen LogP contribution in [0.4, 0.5) is 0 Å². The lowest BCUT2D eigenvalue weighted by Gasteiger charge is -2.10. The Balaban J connectivity index is 2.43. The molecule has 0 aliphatic carbocycles. The number of aliphatic hydroxyl groups is 1. The van der Waals surface area contributed by atoms with Gasteiger partial charge < -0.3 is 14.9 Å². The van der Waals surface area contributed by atoms with Crippen LogP contribution in [0.3, 0.4) is 0 Å². The van der Waals surface area contributed by atoms with Crippen LogP contribution >= 0.6 is 0 Å². The Bertz CT molecular complexity index is 331. The lowest BCUT2D eigenvalue weighted by atomic mass is 10.1. The van der Waals surface area contributed by atoms with Crippen LogP contribution in [0.1, 0.15) is 31.4 Å². The van der Waals surface area contributed by atoms with E-state index in [0.717, 1.165) is 0 Å². The van der Waals surface area contributed by atoms with Crippen molar-refractivity contribution < 1.29 is 19.7 Å². The fourth-order valence-electron chi connectivity index (χ4n) is 1.35. The quantitative estimate of drug-likeness (QED) is 0.748. The standard InChI is InChI=1S/C12H16O4/c1-2-16-12(15)8-7-11(14)9-3-5-10(13)6-4-9/h3-6,11,13-14H,2,7-8H2,1H3. The topological polar surface area (TPSA) is 66.8 Å². The Labute approximate surface area is 94.5 Å². The number of carbonyl (C=O) groups is 1. The normalized spacial score (nSPS) is 12.1. The second-order valence-electron chi connectivity index (χ2n) is 3.45. The molecule has 0 radical (unpaired) electrons. The van der Waals surface area contributed by atoms with Gasteiger partial charge in [0.25, 0.3) is 0 Å². The number of esters is 1.